The first-order chi connectivity index (χ1) is 8.99. The van der Waals surface area contributed by atoms with Gasteiger partial charge in [0.2, 0.25) is 0 Å². The van der Waals surface area contributed by atoms with E-state index in [1.165, 1.54) is 18.2 Å². The van der Waals surface area contributed by atoms with Crippen LogP contribution in [0, 0.1) is 5.82 Å². The van der Waals surface area contributed by atoms with E-state index in [0.717, 1.165) is 0 Å². The van der Waals surface area contributed by atoms with Crippen LogP contribution in [-0.2, 0) is 0 Å². The predicted octanol–water partition coefficient (Wildman–Crippen LogP) is 4.68. The zero-order valence-corrected chi connectivity index (χ0v) is 11.8. The summed E-state index contributed by atoms with van der Waals surface area (Å²) in [5, 5.41) is 12.2. The van der Waals surface area contributed by atoms with Crippen LogP contribution < -0.4 is 5.32 Å². The van der Waals surface area contributed by atoms with E-state index in [2.05, 4.69) is 21.2 Å². The number of carboxylic acids is 1. The highest BCUT2D eigenvalue weighted by Crippen LogP contribution is 2.31. The lowest BCUT2D eigenvalue weighted by atomic mass is 10.1. The lowest BCUT2D eigenvalue weighted by Crippen LogP contribution is -2.05. The fourth-order valence-corrected chi connectivity index (χ4v) is 2.08. The van der Waals surface area contributed by atoms with E-state index in [4.69, 9.17) is 16.7 Å². The minimum Gasteiger partial charge on any atom is -0.478 e. The second-order valence-corrected chi connectivity index (χ2v) is 5.01. The molecule has 0 spiro atoms. The Labute approximate surface area is 122 Å². The van der Waals surface area contributed by atoms with E-state index in [9.17, 15) is 9.18 Å². The summed E-state index contributed by atoms with van der Waals surface area (Å²) in [6, 6.07) is 8.78. The Balaban J connectivity index is 2.49. The van der Waals surface area contributed by atoms with Crippen molar-refractivity contribution in [3.05, 3.63) is 57.3 Å². The minimum atomic E-state index is -1.21. The largest absolute Gasteiger partial charge is 0.478 e. The molecule has 2 rings (SSSR count). The van der Waals surface area contributed by atoms with Crippen LogP contribution in [0.25, 0.3) is 0 Å². The lowest BCUT2D eigenvalue weighted by molar-refractivity contribution is 0.0697. The number of hydrogen-bond acceptors (Lipinski definition) is 2. The molecule has 0 aromatic heterocycles. The molecule has 0 fully saturated rings. The van der Waals surface area contributed by atoms with Crippen LogP contribution in [0.5, 0.6) is 0 Å². The normalized spacial score (nSPS) is 10.3. The van der Waals surface area contributed by atoms with E-state index in [1.807, 2.05) is 0 Å². The molecular weight excluding hydrogens is 337 g/mol. The molecule has 0 heterocycles. The third kappa shape index (κ3) is 3.05. The van der Waals surface area contributed by atoms with Crippen molar-refractivity contribution in [3.63, 3.8) is 0 Å². The molecule has 0 radical (unpaired) electrons. The summed E-state index contributed by atoms with van der Waals surface area (Å²) < 4.78 is 14.4. The van der Waals surface area contributed by atoms with Crippen LogP contribution in [0.1, 0.15) is 10.4 Å². The molecule has 0 unspecified atom stereocenters. The van der Waals surface area contributed by atoms with Gasteiger partial charge in [-0.25, -0.2) is 9.18 Å². The molecule has 0 amide bonds. The molecule has 19 heavy (non-hydrogen) atoms. The van der Waals surface area contributed by atoms with Gasteiger partial charge in [-0.05, 0) is 46.3 Å². The summed E-state index contributed by atoms with van der Waals surface area (Å²) in [5.74, 6) is -1.85. The maximum Gasteiger partial charge on any atom is 0.337 e. The maximum atomic E-state index is 13.8. The molecule has 0 atom stereocenters. The van der Waals surface area contributed by atoms with Crippen molar-refractivity contribution in [2.75, 3.05) is 5.32 Å². The van der Waals surface area contributed by atoms with Crippen LogP contribution in [-0.4, -0.2) is 11.1 Å². The molecule has 0 aliphatic carbocycles. The van der Waals surface area contributed by atoms with E-state index < -0.39 is 11.8 Å². The van der Waals surface area contributed by atoms with Gasteiger partial charge in [-0.3, -0.25) is 0 Å². The van der Waals surface area contributed by atoms with Gasteiger partial charge in [-0.2, -0.15) is 0 Å². The van der Waals surface area contributed by atoms with Gasteiger partial charge >= 0.3 is 5.97 Å². The molecule has 6 heteroatoms. The standard InChI is InChI=1S/C13H8BrClFNO2/c14-9-5-4-7(15)6-11(9)17-12-8(13(18)19)2-1-3-10(12)16/h1-6,17H,(H,18,19). The monoisotopic (exact) mass is 343 g/mol. The molecule has 98 valence electrons. The number of aromatic carboxylic acids is 1. The summed E-state index contributed by atoms with van der Waals surface area (Å²) in [7, 11) is 0. The van der Waals surface area contributed by atoms with Gasteiger partial charge in [0.05, 0.1) is 16.9 Å². The van der Waals surface area contributed by atoms with Gasteiger partial charge in [-0.1, -0.05) is 17.7 Å². The fraction of sp³-hybridized carbons (Fsp3) is 0. The molecule has 0 aliphatic rings. The molecule has 0 saturated heterocycles. The third-order valence-corrected chi connectivity index (χ3v) is 3.36. The molecule has 2 aromatic rings. The number of carbonyl (C=O) groups is 1. The summed E-state index contributed by atoms with van der Waals surface area (Å²) >= 11 is 9.14. The van der Waals surface area contributed by atoms with Crippen molar-refractivity contribution in [1.29, 1.82) is 0 Å². The van der Waals surface area contributed by atoms with Gasteiger partial charge in [-0.15, -0.1) is 0 Å². The number of benzene rings is 2. The number of nitrogens with one attached hydrogen (secondary N) is 1. The SMILES string of the molecule is O=C(O)c1cccc(F)c1Nc1cc(Cl)ccc1Br. The highest BCUT2D eigenvalue weighted by Gasteiger charge is 2.15. The second kappa shape index (κ2) is 5.59. The number of para-hydroxylation sites is 1. The first-order valence-corrected chi connectivity index (χ1v) is 6.40. The Kier molecular flexibility index (Phi) is 4.07. The fourth-order valence-electron chi connectivity index (χ4n) is 1.56. The average Bonchev–Trinajstić information content (AvgIpc) is 2.35. The number of anilines is 2. The highest BCUT2D eigenvalue weighted by molar-refractivity contribution is 9.10. The van der Waals surface area contributed by atoms with Gasteiger partial charge in [0, 0.05) is 9.50 Å². The zero-order valence-electron chi connectivity index (χ0n) is 9.45. The second-order valence-electron chi connectivity index (χ2n) is 3.72. The van der Waals surface area contributed by atoms with Crippen LogP contribution in [0.4, 0.5) is 15.8 Å². The van der Waals surface area contributed by atoms with E-state index in [0.29, 0.717) is 15.2 Å². The maximum absolute atomic E-state index is 13.8. The summed E-state index contributed by atoms with van der Waals surface area (Å²) in [4.78, 5) is 11.1. The minimum absolute atomic E-state index is 0.0991. The summed E-state index contributed by atoms with van der Waals surface area (Å²) in [6.45, 7) is 0. The molecule has 0 aliphatic heterocycles. The summed E-state index contributed by atoms with van der Waals surface area (Å²) in [5.41, 5.74) is 0.241. The van der Waals surface area contributed by atoms with Crippen molar-refractivity contribution in [1.82, 2.24) is 0 Å². The zero-order chi connectivity index (χ0) is 14.0. The van der Waals surface area contributed by atoms with E-state index >= 15 is 0 Å². The number of rotatable bonds is 3. The Morgan fingerprint density at radius 2 is 2.05 bits per heavy atom. The van der Waals surface area contributed by atoms with Crippen molar-refractivity contribution in [2.45, 2.75) is 0 Å². The summed E-state index contributed by atoms with van der Waals surface area (Å²) in [6.07, 6.45) is 0. The molecule has 0 saturated carbocycles. The quantitative estimate of drug-likeness (QED) is 0.849. The topological polar surface area (TPSA) is 49.3 Å². The average molecular weight is 345 g/mol. The Bertz CT molecular complexity index is 649. The van der Waals surface area contributed by atoms with Crippen LogP contribution >= 0.6 is 27.5 Å². The molecule has 0 bridgehead atoms. The van der Waals surface area contributed by atoms with Gasteiger partial charge in [0.15, 0.2) is 0 Å². The lowest BCUT2D eigenvalue weighted by Gasteiger charge is -2.12. The highest BCUT2D eigenvalue weighted by atomic mass is 79.9. The first kappa shape index (κ1) is 13.8. The van der Waals surface area contributed by atoms with Crippen molar-refractivity contribution in [3.8, 4) is 0 Å². The third-order valence-electron chi connectivity index (χ3n) is 2.43. The van der Waals surface area contributed by atoms with Crippen LogP contribution in [0.2, 0.25) is 5.02 Å². The van der Waals surface area contributed by atoms with E-state index in [-0.39, 0.29) is 11.3 Å². The molecule has 2 N–H and O–H groups in total. The van der Waals surface area contributed by atoms with Gasteiger partial charge < -0.3 is 10.4 Å². The Morgan fingerprint density at radius 3 is 2.74 bits per heavy atom. The number of hydrogen-bond donors (Lipinski definition) is 2. The molecule has 3 nitrogen and oxygen atoms in total. The van der Waals surface area contributed by atoms with Crippen molar-refractivity contribution in [2.24, 2.45) is 0 Å². The number of carboxylic acid groups (broad SMARTS) is 1. The van der Waals surface area contributed by atoms with Gasteiger partial charge in [0.1, 0.15) is 5.82 Å². The smallest absolute Gasteiger partial charge is 0.337 e. The number of halogens is 3. The van der Waals surface area contributed by atoms with Crippen molar-refractivity contribution >= 4 is 44.9 Å². The predicted molar refractivity (Wildman–Crippen MR) is 75.8 cm³/mol. The molecular formula is C13H8BrClFNO2. The van der Waals surface area contributed by atoms with Crippen LogP contribution in [0.15, 0.2) is 40.9 Å². The Morgan fingerprint density at radius 1 is 1.32 bits per heavy atom. The van der Waals surface area contributed by atoms with E-state index in [1.54, 1.807) is 18.2 Å². The Hall–Kier alpha value is -1.59. The van der Waals surface area contributed by atoms with Crippen LogP contribution in [0.3, 0.4) is 0 Å². The molecule has 2 aromatic carbocycles. The van der Waals surface area contributed by atoms with Gasteiger partial charge in [0.25, 0.3) is 0 Å². The van der Waals surface area contributed by atoms with Crippen molar-refractivity contribution < 1.29 is 14.3 Å². The first-order valence-electron chi connectivity index (χ1n) is 5.23.